The van der Waals surface area contributed by atoms with E-state index in [-0.39, 0.29) is 0 Å². The lowest BCUT2D eigenvalue weighted by Gasteiger charge is -2.01. The zero-order chi connectivity index (χ0) is 15.9. The minimum atomic E-state index is 0.987. The van der Waals surface area contributed by atoms with Crippen molar-refractivity contribution in [3.8, 4) is 0 Å². The van der Waals surface area contributed by atoms with Gasteiger partial charge in [0.15, 0.2) is 0 Å². The van der Waals surface area contributed by atoms with E-state index in [0.29, 0.717) is 0 Å². The number of rotatable bonds is 5. The van der Waals surface area contributed by atoms with Crippen molar-refractivity contribution in [2.75, 3.05) is 0 Å². The SMILES string of the molecule is Cc1ccc(N=C(C=CSc2cccs2)Sc2cccs2)cc1. The number of thioether (sulfide) groups is 2. The maximum atomic E-state index is 4.78. The van der Waals surface area contributed by atoms with Gasteiger partial charge >= 0.3 is 0 Å². The van der Waals surface area contributed by atoms with Crippen LogP contribution in [0.3, 0.4) is 0 Å². The molecule has 0 saturated heterocycles. The normalized spacial score (nSPS) is 12.1. The van der Waals surface area contributed by atoms with Gasteiger partial charge in [-0.25, -0.2) is 4.99 Å². The summed E-state index contributed by atoms with van der Waals surface area (Å²) in [5.74, 6) is 0. The van der Waals surface area contributed by atoms with Crippen LogP contribution in [0.1, 0.15) is 5.56 Å². The van der Waals surface area contributed by atoms with Crippen molar-refractivity contribution in [3.05, 3.63) is 76.3 Å². The number of nitrogens with zero attached hydrogens (tertiary/aromatic N) is 1. The number of aliphatic imine (C=N–C) groups is 1. The fourth-order valence-electron chi connectivity index (χ4n) is 1.76. The first-order valence-electron chi connectivity index (χ1n) is 7.03. The van der Waals surface area contributed by atoms with Crippen LogP contribution < -0.4 is 0 Å². The molecule has 0 aliphatic rings. The Morgan fingerprint density at radius 1 is 0.957 bits per heavy atom. The third-order valence-corrected chi connectivity index (χ3v) is 6.72. The minimum Gasteiger partial charge on any atom is -0.242 e. The second kappa shape index (κ2) is 8.55. The van der Waals surface area contributed by atoms with Gasteiger partial charge in [-0.15, -0.1) is 22.7 Å². The first-order valence-corrected chi connectivity index (χ1v) is 10.5. The highest BCUT2D eigenvalue weighted by Crippen LogP contribution is 2.29. The molecule has 3 aromatic rings. The molecule has 0 atom stereocenters. The molecule has 3 rings (SSSR count). The van der Waals surface area contributed by atoms with Gasteiger partial charge in [0.05, 0.1) is 14.1 Å². The Balaban J connectivity index is 1.77. The third-order valence-electron chi connectivity index (χ3n) is 2.86. The first kappa shape index (κ1) is 16.6. The van der Waals surface area contributed by atoms with E-state index in [2.05, 4.69) is 77.7 Å². The summed E-state index contributed by atoms with van der Waals surface area (Å²) in [5.41, 5.74) is 2.24. The summed E-state index contributed by atoms with van der Waals surface area (Å²) < 4.78 is 2.54. The number of thiophene rings is 2. The lowest BCUT2D eigenvalue weighted by Crippen LogP contribution is -1.84. The highest BCUT2D eigenvalue weighted by atomic mass is 32.2. The van der Waals surface area contributed by atoms with E-state index >= 15 is 0 Å². The fourth-order valence-corrected chi connectivity index (χ4v) is 5.04. The van der Waals surface area contributed by atoms with Gasteiger partial charge in [0.1, 0.15) is 5.04 Å². The highest BCUT2D eigenvalue weighted by molar-refractivity contribution is 8.15. The van der Waals surface area contributed by atoms with Crippen LogP contribution in [0.25, 0.3) is 0 Å². The molecule has 2 heterocycles. The van der Waals surface area contributed by atoms with Crippen LogP contribution >= 0.6 is 46.2 Å². The maximum absolute atomic E-state index is 4.78. The number of hydrogen-bond acceptors (Lipinski definition) is 5. The molecular weight excluding hydrogens is 358 g/mol. The topological polar surface area (TPSA) is 12.4 Å². The van der Waals surface area contributed by atoms with Crippen molar-refractivity contribution in [1.82, 2.24) is 0 Å². The van der Waals surface area contributed by atoms with Crippen LogP contribution in [0.5, 0.6) is 0 Å². The minimum absolute atomic E-state index is 0.987. The fraction of sp³-hybridized carbons (Fsp3) is 0.0556. The molecule has 0 saturated carbocycles. The van der Waals surface area contributed by atoms with Crippen LogP contribution in [-0.4, -0.2) is 5.04 Å². The van der Waals surface area contributed by atoms with Gasteiger partial charge in [-0.05, 0) is 53.4 Å². The van der Waals surface area contributed by atoms with Crippen molar-refractivity contribution in [2.45, 2.75) is 15.3 Å². The highest BCUT2D eigenvalue weighted by Gasteiger charge is 2.02. The Hall–Kier alpha value is -1.27. The van der Waals surface area contributed by atoms with E-state index in [1.807, 2.05) is 0 Å². The predicted octanol–water partition coefficient (Wildman–Crippen LogP) is 7.25. The average Bonchev–Trinajstić information content (AvgIpc) is 3.23. The molecule has 1 nitrogen and oxygen atoms in total. The van der Waals surface area contributed by atoms with E-state index < -0.39 is 0 Å². The van der Waals surface area contributed by atoms with Gasteiger partial charge in [0.2, 0.25) is 0 Å². The first-order chi connectivity index (χ1) is 11.3. The molecule has 0 fully saturated rings. The summed E-state index contributed by atoms with van der Waals surface area (Å²) in [6.45, 7) is 2.09. The van der Waals surface area contributed by atoms with E-state index in [1.165, 1.54) is 14.0 Å². The average molecular weight is 374 g/mol. The molecule has 5 heteroatoms. The summed E-state index contributed by atoms with van der Waals surface area (Å²) in [4.78, 5) is 4.78. The Bertz CT molecular complexity index is 769. The smallest absolute Gasteiger partial charge is 0.103 e. The zero-order valence-electron chi connectivity index (χ0n) is 12.5. The molecule has 0 N–H and O–H groups in total. The van der Waals surface area contributed by atoms with Gasteiger partial charge in [0, 0.05) is 0 Å². The van der Waals surface area contributed by atoms with Crippen LogP contribution in [0.15, 0.2) is 84.2 Å². The third kappa shape index (κ3) is 5.39. The summed E-state index contributed by atoms with van der Waals surface area (Å²) in [5, 5.41) is 7.30. The van der Waals surface area contributed by atoms with E-state index in [4.69, 9.17) is 4.99 Å². The van der Waals surface area contributed by atoms with Crippen LogP contribution in [0.2, 0.25) is 0 Å². The molecule has 0 bridgehead atoms. The van der Waals surface area contributed by atoms with Gasteiger partial charge in [-0.1, -0.05) is 53.4 Å². The Kier molecular flexibility index (Phi) is 6.16. The number of aryl methyl sites for hydroxylation is 1. The van der Waals surface area contributed by atoms with Crippen LogP contribution in [0.4, 0.5) is 5.69 Å². The van der Waals surface area contributed by atoms with E-state index in [0.717, 1.165) is 10.7 Å². The summed E-state index contributed by atoms with van der Waals surface area (Å²) in [7, 11) is 0. The van der Waals surface area contributed by atoms with Gasteiger partial charge in [-0.2, -0.15) is 0 Å². The molecule has 0 spiro atoms. The Morgan fingerprint density at radius 3 is 2.30 bits per heavy atom. The molecule has 23 heavy (non-hydrogen) atoms. The summed E-state index contributed by atoms with van der Waals surface area (Å²) >= 11 is 6.92. The van der Waals surface area contributed by atoms with Gasteiger partial charge < -0.3 is 0 Å². The molecular formula is C18H15NS4. The van der Waals surface area contributed by atoms with Gasteiger partial charge in [-0.3, -0.25) is 0 Å². The summed E-state index contributed by atoms with van der Waals surface area (Å²) in [6, 6.07) is 16.7. The maximum Gasteiger partial charge on any atom is 0.103 e. The monoisotopic (exact) mass is 373 g/mol. The molecule has 2 aromatic heterocycles. The molecule has 0 radical (unpaired) electrons. The largest absolute Gasteiger partial charge is 0.242 e. The van der Waals surface area contributed by atoms with Crippen LogP contribution in [0, 0.1) is 6.92 Å². The molecule has 0 unspecified atom stereocenters. The second-order valence-corrected chi connectivity index (χ2v) is 9.09. The molecule has 0 aliphatic heterocycles. The van der Waals surface area contributed by atoms with Crippen molar-refractivity contribution in [2.24, 2.45) is 4.99 Å². The quantitative estimate of drug-likeness (QED) is 0.265. The van der Waals surface area contributed by atoms with Crippen molar-refractivity contribution >= 4 is 56.9 Å². The van der Waals surface area contributed by atoms with Gasteiger partial charge in [0.25, 0.3) is 0 Å². The standard InChI is InChI=1S/C18H15NS4/c1-14-6-8-15(9-7-14)19-16(23-18-5-3-12-21-18)10-13-22-17-4-2-11-20-17/h2-13H,1H3. The van der Waals surface area contributed by atoms with Crippen LogP contribution in [-0.2, 0) is 0 Å². The molecule has 1 aromatic carbocycles. The lowest BCUT2D eigenvalue weighted by molar-refractivity contribution is 1.44. The van der Waals surface area contributed by atoms with E-state index in [9.17, 15) is 0 Å². The molecule has 0 amide bonds. The Labute approximate surface area is 153 Å². The van der Waals surface area contributed by atoms with E-state index in [1.54, 1.807) is 46.2 Å². The predicted molar refractivity (Wildman–Crippen MR) is 108 cm³/mol. The Morgan fingerprint density at radius 2 is 1.65 bits per heavy atom. The second-order valence-electron chi connectivity index (χ2n) is 4.67. The van der Waals surface area contributed by atoms with Crippen molar-refractivity contribution in [1.29, 1.82) is 0 Å². The number of benzene rings is 1. The summed E-state index contributed by atoms with van der Waals surface area (Å²) in [6.07, 6.45) is 2.09. The van der Waals surface area contributed by atoms with Crippen molar-refractivity contribution in [3.63, 3.8) is 0 Å². The molecule has 0 aliphatic carbocycles. The van der Waals surface area contributed by atoms with Crippen molar-refractivity contribution < 1.29 is 0 Å². The lowest BCUT2D eigenvalue weighted by atomic mass is 10.2. The number of hydrogen-bond donors (Lipinski definition) is 0. The zero-order valence-corrected chi connectivity index (χ0v) is 15.8. The molecule has 116 valence electrons.